The molecule has 4 aromatic rings. The van der Waals surface area contributed by atoms with E-state index in [1.807, 2.05) is 67.6 Å². The molecule has 210 valence electrons. The first-order valence-corrected chi connectivity index (χ1v) is 13.7. The van der Waals surface area contributed by atoms with Gasteiger partial charge in [-0.3, -0.25) is 4.79 Å². The highest BCUT2D eigenvalue weighted by atomic mass is 16.5. The fourth-order valence-corrected chi connectivity index (χ4v) is 4.58. The van der Waals surface area contributed by atoms with Crippen molar-refractivity contribution in [3.05, 3.63) is 77.7 Å². The van der Waals surface area contributed by atoms with Gasteiger partial charge < -0.3 is 24.4 Å². The molecule has 1 aromatic heterocycles. The number of hydrogen-bond acceptors (Lipinski definition) is 7. The number of methoxy groups -OCH3 is 1. The maximum Gasteiger partial charge on any atom is 0.255 e. The van der Waals surface area contributed by atoms with Crippen LogP contribution in [-0.2, 0) is 0 Å². The zero-order valence-electron chi connectivity index (χ0n) is 24.3. The van der Waals surface area contributed by atoms with Gasteiger partial charge in [-0.1, -0.05) is 48.8 Å². The Balaban J connectivity index is 1.51. The van der Waals surface area contributed by atoms with Crippen molar-refractivity contribution in [3.63, 3.8) is 0 Å². The molecule has 0 fully saturated rings. The number of likely N-dealkylation sites (N-methyl/N-ethyl adjacent to an activating group) is 1. The van der Waals surface area contributed by atoms with Crippen molar-refractivity contribution in [2.75, 3.05) is 51.1 Å². The van der Waals surface area contributed by atoms with Crippen LogP contribution in [0.4, 0.5) is 11.4 Å². The van der Waals surface area contributed by atoms with E-state index in [9.17, 15) is 4.79 Å². The zero-order valence-corrected chi connectivity index (χ0v) is 24.3. The number of hydrogen-bond donors (Lipinski definition) is 1. The average Bonchev–Trinajstić information content (AvgIpc) is 3.39. The van der Waals surface area contributed by atoms with E-state index >= 15 is 0 Å². The summed E-state index contributed by atoms with van der Waals surface area (Å²) in [6.45, 7) is 8.70. The van der Waals surface area contributed by atoms with Gasteiger partial charge in [0.05, 0.1) is 12.8 Å². The van der Waals surface area contributed by atoms with Crippen molar-refractivity contribution in [2.45, 2.75) is 33.6 Å². The van der Waals surface area contributed by atoms with Gasteiger partial charge in [-0.05, 0) is 74.5 Å². The number of aromatic nitrogens is 2. The van der Waals surface area contributed by atoms with E-state index in [-0.39, 0.29) is 5.91 Å². The van der Waals surface area contributed by atoms with E-state index in [0.717, 1.165) is 71.9 Å². The fraction of sp³-hybridized carbons (Fsp3) is 0.344. The molecule has 0 bridgehead atoms. The lowest BCUT2D eigenvalue weighted by atomic mass is 9.97. The first-order valence-electron chi connectivity index (χ1n) is 13.7. The molecule has 0 saturated carbocycles. The minimum atomic E-state index is -0.151. The van der Waals surface area contributed by atoms with Gasteiger partial charge in [0.25, 0.3) is 5.91 Å². The molecular weight excluding hydrogens is 502 g/mol. The van der Waals surface area contributed by atoms with E-state index in [0.29, 0.717) is 17.3 Å². The number of nitrogens with zero attached hydrogens (tertiary/aromatic N) is 4. The minimum Gasteiger partial charge on any atom is -0.495 e. The summed E-state index contributed by atoms with van der Waals surface area (Å²) < 4.78 is 10.8. The van der Waals surface area contributed by atoms with E-state index in [2.05, 4.69) is 46.3 Å². The molecule has 1 N–H and O–H groups in total. The van der Waals surface area contributed by atoms with Crippen LogP contribution in [0.25, 0.3) is 22.5 Å². The summed E-state index contributed by atoms with van der Waals surface area (Å²) in [5.41, 5.74) is 6.35. The van der Waals surface area contributed by atoms with Gasteiger partial charge in [0.2, 0.25) is 11.7 Å². The minimum absolute atomic E-state index is 0.151. The van der Waals surface area contributed by atoms with Crippen molar-refractivity contribution < 1.29 is 14.1 Å². The number of ether oxygens (including phenoxy) is 1. The molecule has 0 atom stereocenters. The van der Waals surface area contributed by atoms with Gasteiger partial charge in [-0.25, -0.2) is 0 Å². The molecule has 0 radical (unpaired) electrons. The van der Waals surface area contributed by atoms with E-state index < -0.39 is 0 Å². The van der Waals surface area contributed by atoms with E-state index in [4.69, 9.17) is 9.26 Å². The Bertz CT molecular complexity index is 1430. The first-order chi connectivity index (χ1) is 19.3. The molecule has 0 aliphatic heterocycles. The summed E-state index contributed by atoms with van der Waals surface area (Å²) in [4.78, 5) is 22.0. The monoisotopic (exact) mass is 541 g/mol. The molecule has 0 saturated heterocycles. The highest BCUT2D eigenvalue weighted by Crippen LogP contribution is 2.32. The molecular formula is C32H39N5O3. The second-order valence-electron chi connectivity index (χ2n) is 10.2. The van der Waals surface area contributed by atoms with Crippen molar-refractivity contribution in [1.82, 2.24) is 15.0 Å². The van der Waals surface area contributed by atoms with Crippen LogP contribution < -0.4 is 15.0 Å². The highest BCUT2D eigenvalue weighted by Gasteiger charge is 2.16. The smallest absolute Gasteiger partial charge is 0.255 e. The molecule has 4 rings (SSSR count). The third-order valence-corrected chi connectivity index (χ3v) is 6.85. The third kappa shape index (κ3) is 7.07. The number of rotatable bonds is 12. The summed E-state index contributed by atoms with van der Waals surface area (Å²) in [5.74, 6) is 1.75. The van der Waals surface area contributed by atoms with E-state index in [1.165, 1.54) is 0 Å². The van der Waals surface area contributed by atoms with E-state index in [1.54, 1.807) is 14.0 Å². The Morgan fingerprint density at radius 1 is 0.950 bits per heavy atom. The number of unbranched alkanes of at least 4 members (excludes halogenated alkanes) is 1. The number of carbonyl (C=O) groups is 1. The van der Waals surface area contributed by atoms with Crippen molar-refractivity contribution >= 4 is 17.3 Å². The lowest BCUT2D eigenvalue weighted by molar-refractivity contribution is 0.102. The molecule has 3 aromatic carbocycles. The summed E-state index contributed by atoms with van der Waals surface area (Å²) in [5, 5.41) is 7.07. The quantitative estimate of drug-likeness (QED) is 0.221. The van der Waals surface area contributed by atoms with Crippen LogP contribution in [0.5, 0.6) is 5.75 Å². The molecule has 0 aliphatic rings. The van der Waals surface area contributed by atoms with Crippen LogP contribution >= 0.6 is 0 Å². The van der Waals surface area contributed by atoms with Gasteiger partial charge in [-0.15, -0.1) is 0 Å². The Hall–Kier alpha value is -4.17. The molecule has 0 spiro atoms. The van der Waals surface area contributed by atoms with Crippen LogP contribution in [0, 0.1) is 13.8 Å². The predicted molar refractivity (Wildman–Crippen MR) is 161 cm³/mol. The number of aryl methyl sites for hydroxylation is 2. The lowest BCUT2D eigenvalue weighted by Crippen LogP contribution is -2.32. The van der Waals surface area contributed by atoms with Crippen LogP contribution in [-0.4, -0.2) is 61.8 Å². The largest absolute Gasteiger partial charge is 0.495 e. The summed E-state index contributed by atoms with van der Waals surface area (Å²) in [7, 11) is 5.83. The van der Waals surface area contributed by atoms with Gasteiger partial charge in [0, 0.05) is 43.4 Å². The average molecular weight is 542 g/mol. The third-order valence-electron chi connectivity index (χ3n) is 6.85. The predicted octanol–water partition coefficient (Wildman–Crippen LogP) is 6.45. The van der Waals surface area contributed by atoms with Crippen molar-refractivity contribution in [3.8, 4) is 28.3 Å². The SMILES string of the molecule is CCCCN(CCN(C)C)c1cc(NC(=O)c2ccc(-c3ccc(-c4noc(C)n4)cc3)c(C)c2)ccc1OC. The van der Waals surface area contributed by atoms with Crippen LogP contribution in [0.15, 0.2) is 65.2 Å². The molecule has 0 unspecified atom stereocenters. The number of amides is 1. The number of carbonyl (C=O) groups excluding carboxylic acids is 1. The molecule has 1 amide bonds. The summed E-state index contributed by atoms with van der Waals surface area (Å²) in [6, 6.07) is 19.6. The van der Waals surface area contributed by atoms with Crippen LogP contribution in [0.1, 0.15) is 41.6 Å². The maximum absolute atomic E-state index is 13.3. The molecule has 1 heterocycles. The number of benzene rings is 3. The van der Waals surface area contributed by atoms with Gasteiger partial charge in [0.1, 0.15) is 5.75 Å². The molecule has 8 heteroatoms. The molecule has 40 heavy (non-hydrogen) atoms. The van der Waals surface area contributed by atoms with Crippen LogP contribution in [0.2, 0.25) is 0 Å². The second kappa shape index (κ2) is 13.3. The second-order valence-corrected chi connectivity index (χ2v) is 10.2. The van der Waals surface area contributed by atoms with Gasteiger partial charge in [-0.2, -0.15) is 4.98 Å². The number of anilines is 2. The highest BCUT2D eigenvalue weighted by molar-refractivity contribution is 6.05. The van der Waals surface area contributed by atoms with Crippen molar-refractivity contribution in [2.24, 2.45) is 0 Å². The summed E-state index contributed by atoms with van der Waals surface area (Å²) in [6.07, 6.45) is 2.19. The van der Waals surface area contributed by atoms with Crippen molar-refractivity contribution in [1.29, 1.82) is 0 Å². The Morgan fingerprint density at radius 3 is 2.33 bits per heavy atom. The number of nitrogens with one attached hydrogen (secondary N) is 1. The maximum atomic E-state index is 13.3. The molecule has 8 nitrogen and oxygen atoms in total. The van der Waals surface area contributed by atoms with Gasteiger partial charge >= 0.3 is 0 Å². The first kappa shape index (κ1) is 28.8. The zero-order chi connectivity index (χ0) is 28.6. The summed E-state index contributed by atoms with van der Waals surface area (Å²) >= 11 is 0. The standard InChI is InChI=1S/C32H39N5O3/c1-7-8-17-37(19-18-36(4)5)29-21-27(14-16-30(29)39-6)34-32(38)26-13-15-28(22(2)20-26)24-9-11-25(12-10-24)31-33-23(3)40-35-31/h9-16,20-21H,7-8,17-19H2,1-6H3,(H,34,38). The van der Waals surface area contributed by atoms with Crippen LogP contribution in [0.3, 0.4) is 0 Å². The Kier molecular flexibility index (Phi) is 9.56. The molecule has 0 aliphatic carbocycles. The fourth-order valence-electron chi connectivity index (χ4n) is 4.58. The van der Waals surface area contributed by atoms with Gasteiger partial charge in [0.15, 0.2) is 0 Å². The normalized spacial score (nSPS) is 11.1. The topological polar surface area (TPSA) is 83.7 Å². The lowest BCUT2D eigenvalue weighted by Gasteiger charge is -2.28. The Labute approximate surface area is 237 Å². The Morgan fingerprint density at radius 2 is 1.70 bits per heavy atom.